The molecule has 11 nitrogen and oxygen atoms in total. The SMILES string of the molecule is CCCCCCCCCCCCC/C=C/C=C/C(=O)O[C@@H](COC(=O)CCCCCCCCCCCCCCCCCCCCCC)COP(=O)(O)OC[C@@H](N)C(=O)O. The van der Waals surface area contributed by atoms with Crippen LogP contribution in [0.25, 0.3) is 0 Å². The van der Waals surface area contributed by atoms with E-state index >= 15 is 0 Å². The van der Waals surface area contributed by atoms with E-state index in [1.165, 1.54) is 173 Å². The van der Waals surface area contributed by atoms with E-state index in [0.29, 0.717) is 6.42 Å². The average molecular weight is 858 g/mol. The molecule has 0 rings (SSSR count). The van der Waals surface area contributed by atoms with Gasteiger partial charge in [0.2, 0.25) is 0 Å². The predicted molar refractivity (Wildman–Crippen MR) is 240 cm³/mol. The molecule has 3 atom stereocenters. The monoisotopic (exact) mass is 858 g/mol. The third-order valence-electron chi connectivity index (χ3n) is 10.6. The molecule has 0 aliphatic heterocycles. The number of carboxylic acids is 1. The molecule has 1 unspecified atom stereocenters. The summed E-state index contributed by atoms with van der Waals surface area (Å²) in [6, 6.07) is -1.53. The second-order valence-electron chi connectivity index (χ2n) is 16.3. The van der Waals surface area contributed by atoms with Crippen molar-refractivity contribution in [1.82, 2.24) is 0 Å². The first kappa shape index (κ1) is 57.0. The minimum atomic E-state index is -4.74. The van der Waals surface area contributed by atoms with E-state index in [1.54, 1.807) is 12.2 Å². The lowest BCUT2D eigenvalue weighted by atomic mass is 10.0. The van der Waals surface area contributed by atoms with Gasteiger partial charge in [-0.25, -0.2) is 9.36 Å². The molecule has 4 N–H and O–H groups in total. The van der Waals surface area contributed by atoms with Crippen LogP contribution in [0.2, 0.25) is 0 Å². The topological polar surface area (TPSA) is 172 Å². The van der Waals surface area contributed by atoms with E-state index in [0.717, 1.165) is 32.1 Å². The van der Waals surface area contributed by atoms with Crippen LogP contribution >= 0.6 is 7.82 Å². The van der Waals surface area contributed by atoms with Crippen LogP contribution in [-0.2, 0) is 37.5 Å². The van der Waals surface area contributed by atoms with Crippen molar-refractivity contribution >= 4 is 25.7 Å². The van der Waals surface area contributed by atoms with Crippen LogP contribution in [0.4, 0.5) is 0 Å². The number of rotatable bonds is 45. The number of carbonyl (C=O) groups is 3. The quantitative estimate of drug-likeness (QED) is 0.0175. The van der Waals surface area contributed by atoms with Crippen LogP contribution in [0.15, 0.2) is 24.3 Å². The number of nitrogens with two attached hydrogens (primary N) is 1. The number of allylic oxidation sites excluding steroid dienone is 3. The van der Waals surface area contributed by atoms with E-state index in [9.17, 15) is 23.8 Å². The highest BCUT2D eigenvalue weighted by atomic mass is 31.2. The fourth-order valence-electron chi connectivity index (χ4n) is 6.80. The third kappa shape index (κ3) is 42.4. The number of carboxylic acid groups (broad SMARTS) is 1. The number of carbonyl (C=O) groups excluding carboxylic acids is 2. The molecule has 0 aliphatic carbocycles. The Morgan fingerprint density at radius 1 is 0.559 bits per heavy atom. The first-order chi connectivity index (χ1) is 28.6. The normalized spacial score (nSPS) is 13.8. The zero-order valence-electron chi connectivity index (χ0n) is 37.6. The molecule has 0 saturated carbocycles. The van der Waals surface area contributed by atoms with Gasteiger partial charge in [0.05, 0.1) is 13.2 Å². The highest BCUT2D eigenvalue weighted by molar-refractivity contribution is 7.47. The molecule has 0 fully saturated rings. The molecule has 0 radical (unpaired) electrons. The number of phosphoric ester groups is 1. The number of unbranched alkanes of at least 4 members (excludes halogenated alkanes) is 30. The summed E-state index contributed by atoms with van der Waals surface area (Å²) in [4.78, 5) is 45.9. The Balaban J connectivity index is 4.32. The summed E-state index contributed by atoms with van der Waals surface area (Å²) in [6.07, 6.45) is 46.0. The zero-order valence-corrected chi connectivity index (χ0v) is 38.5. The lowest BCUT2D eigenvalue weighted by Gasteiger charge is -2.19. The Morgan fingerprint density at radius 3 is 1.37 bits per heavy atom. The predicted octanol–water partition coefficient (Wildman–Crippen LogP) is 13.0. The summed E-state index contributed by atoms with van der Waals surface area (Å²) in [5.41, 5.74) is 5.33. The van der Waals surface area contributed by atoms with Crippen molar-refractivity contribution in [3.63, 3.8) is 0 Å². The van der Waals surface area contributed by atoms with Gasteiger partial charge in [0.25, 0.3) is 0 Å². The van der Waals surface area contributed by atoms with Gasteiger partial charge in [-0.1, -0.05) is 218 Å². The Bertz CT molecular complexity index is 1100. The van der Waals surface area contributed by atoms with Crippen LogP contribution in [0.3, 0.4) is 0 Å². The highest BCUT2D eigenvalue weighted by Gasteiger charge is 2.28. The van der Waals surface area contributed by atoms with E-state index < -0.39 is 51.1 Å². The van der Waals surface area contributed by atoms with Gasteiger partial charge in [-0.05, 0) is 19.3 Å². The Morgan fingerprint density at radius 2 is 0.949 bits per heavy atom. The average Bonchev–Trinajstić information content (AvgIpc) is 3.21. The summed E-state index contributed by atoms with van der Waals surface area (Å²) in [5, 5.41) is 8.89. The van der Waals surface area contributed by atoms with Crippen molar-refractivity contribution in [3.8, 4) is 0 Å². The van der Waals surface area contributed by atoms with Gasteiger partial charge in [-0.3, -0.25) is 18.6 Å². The fourth-order valence-corrected chi connectivity index (χ4v) is 7.58. The van der Waals surface area contributed by atoms with E-state index in [4.69, 9.17) is 24.8 Å². The Hall–Kier alpha value is -2.04. The standard InChI is InChI=1S/C47H88NO10P/c1-3-5-7-9-11-13-15-17-19-20-21-22-23-25-26-28-30-32-34-36-38-45(49)55-40-43(41-56-59(53,54)57-42-44(48)47(51)52)58-46(50)39-37-35-33-31-29-27-24-18-16-14-12-10-8-6-4-2/h33,35,37,39,43-44H,3-32,34,36,38,40-42,48H2,1-2H3,(H,51,52)(H,53,54)/b35-33+,39-37+/t43-,44+/m0/s1. The van der Waals surface area contributed by atoms with Gasteiger partial charge < -0.3 is 25.2 Å². The van der Waals surface area contributed by atoms with Crippen LogP contribution in [0.5, 0.6) is 0 Å². The van der Waals surface area contributed by atoms with Gasteiger partial charge in [-0.2, -0.15) is 0 Å². The van der Waals surface area contributed by atoms with Gasteiger partial charge in [0.15, 0.2) is 6.10 Å². The lowest BCUT2D eigenvalue weighted by molar-refractivity contribution is -0.157. The molecule has 346 valence electrons. The second-order valence-corrected chi connectivity index (χ2v) is 17.8. The molecule has 0 aliphatic rings. The van der Waals surface area contributed by atoms with E-state index in [-0.39, 0.29) is 13.0 Å². The summed E-state index contributed by atoms with van der Waals surface area (Å²) < 4.78 is 32.6. The maximum atomic E-state index is 12.5. The van der Waals surface area contributed by atoms with Gasteiger partial charge in [0, 0.05) is 12.5 Å². The van der Waals surface area contributed by atoms with Crippen molar-refractivity contribution in [2.75, 3.05) is 19.8 Å². The van der Waals surface area contributed by atoms with Crippen molar-refractivity contribution in [1.29, 1.82) is 0 Å². The molecule has 0 heterocycles. The van der Waals surface area contributed by atoms with Gasteiger partial charge >= 0.3 is 25.7 Å². The Kier molecular flexibility index (Phi) is 41.2. The largest absolute Gasteiger partial charge is 0.480 e. The lowest BCUT2D eigenvalue weighted by Crippen LogP contribution is -2.34. The van der Waals surface area contributed by atoms with Crippen LogP contribution < -0.4 is 5.73 Å². The van der Waals surface area contributed by atoms with Crippen LogP contribution in [0, 0.1) is 0 Å². The van der Waals surface area contributed by atoms with Crippen LogP contribution in [0.1, 0.15) is 226 Å². The third-order valence-corrected chi connectivity index (χ3v) is 11.5. The second kappa shape index (κ2) is 42.6. The smallest absolute Gasteiger partial charge is 0.472 e. The molecular weight excluding hydrogens is 769 g/mol. The van der Waals surface area contributed by atoms with Gasteiger partial charge in [-0.15, -0.1) is 0 Å². The zero-order chi connectivity index (χ0) is 43.5. The molecule has 0 aromatic carbocycles. The van der Waals surface area contributed by atoms with Gasteiger partial charge in [0.1, 0.15) is 12.6 Å². The van der Waals surface area contributed by atoms with Crippen molar-refractivity contribution in [2.45, 2.75) is 238 Å². The maximum absolute atomic E-state index is 12.5. The Labute approximate surface area is 360 Å². The number of esters is 2. The van der Waals surface area contributed by atoms with E-state index in [2.05, 4.69) is 18.4 Å². The first-order valence-electron chi connectivity index (χ1n) is 23.9. The summed E-state index contributed by atoms with van der Waals surface area (Å²) >= 11 is 0. The molecular formula is C47H88NO10P. The van der Waals surface area contributed by atoms with Crippen molar-refractivity contribution in [2.24, 2.45) is 5.73 Å². The minimum absolute atomic E-state index is 0.207. The molecule has 0 saturated heterocycles. The first-order valence-corrected chi connectivity index (χ1v) is 25.4. The maximum Gasteiger partial charge on any atom is 0.472 e. The van der Waals surface area contributed by atoms with Crippen molar-refractivity contribution in [3.05, 3.63) is 24.3 Å². The fraction of sp³-hybridized carbons (Fsp3) is 0.851. The molecule has 0 spiro atoms. The van der Waals surface area contributed by atoms with Crippen molar-refractivity contribution < 1.29 is 47.5 Å². The molecule has 0 aromatic rings. The number of hydrogen-bond acceptors (Lipinski definition) is 9. The molecule has 0 bridgehead atoms. The van der Waals surface area contributed by atoms with E-state index in [1.807, 2.05) is 6.08 Å². The molecule has 59 heavy (non-hydrogen) atoms. The summed E-state index contributed by atoms with van der Waals surface area (Å²) in [6.45, 7) is 2.73. The molecule has 12 heteroatoms. The number of ether oxygens (including phenoxy) is 2. The van der Waals surface area contributed by atoms with Crippen LogP contribution in [-0.4, -0.2) is 59.9 Å². The number of aliphatic carboxylic acids is 1. The summed E-state index contributed by atoms with van der Waals surface area (Å²) in [5.74, 6) is -2.63. The molecule has 0 aromatic heterocycles. The summed E-state index contributed by atoms with van der Waals surface area (Å²) in [7, 11) is -4.74. The minimum Gasteiger partial charge on any atom is -0.480 e. The highest BCUT2D eigenvalue weighted by Crippen LogP contribution is 2.43. The number of phosphoric acid groups is 1. The number of hydrogen-bond donors (Lipinski definition) is 3. The molecule has 0 amide bonds.